The minimum absolute atomic E-state index is 0.413. The predicted octanol–water partition coefficient (Wildman–Crippen LogP) is 3.42. The Labute approximate surface area is 119 Å². The van der Waals surface area contributed by atoms with E-state index >= 15 is 0 Å². The van der Waals surface area contributed by atoms with Gasteiger partial charge in [-0.15, -0.1) is 0 Å². The van der Waals surface area contributed by atoms with Gasteiger partial charge in [-0.25, -0.2) is 0 Å². The number of piperazine rings is 1. The van der Waals surface area contributed by atoms with Crippen molar-refractivity contribution < 1.29 is 0 Å². The molecule has 0 spiro atoms. The molecule has 2 nitrogen and oxygen atoms in total. The molecule has 1 N–H and O–H groups in total. The lowest BCUT2D eigenvalue weighted by Crippen LogP contribution is -2.65. The van der Waals surface area contributed by atoms with Crippen LogP contribution in [0.1, 0.15) is 65.7 Å². The summed E-state index contributed by atoms with van der Waals surface area (Å²) in [6.45, 7) is 9.77. The third-order valence-corrected chi connectivity index (χ3v) is 5.74. The molecule has 2 atom stereocenters. The fourth-order valence-electron chi connectivity index (χ4n) is 4.45. The Bertz CT molecular complexity index is 304. The molecule has 3 fully saturated rings. The highest BCUT2D eigenvalue weighted by molar-refractivity contribution is 5.05. The summed E-state index contributed by atoms with van der Waals surface area (Å²) in [6, 6.07) is 1.68. The van der Waals surface area contributed by atoms with Crippen molar-refractivity contribution in [2.24, 2.45) is 11.8 Å². The molecular formula is C17H32N2. The van der Waals surface area contributed by atoms with Gasteiger partial charge in [-0.3, -0.25) is 4.90 Å². The summed E-state index contributed by atoms with van der Waals surface area (Å²) >= 11 is 0. The molecule has 3 aliphatic rings. The topological polar surface area (TPSA) is 15.3 Å². The average molecular weight is 264 g/mol. The molecule has 110 valence electrons. The van der Waals surface area contributed by atoms with Gasteiger partial charge in [-0.2, -0.15) is 0 Å². The van der Waals surface area contributed by atoms with Gasteiger partial charge in [0, 0.05) is 30.7 Å². The summed E-state index contributed by atoms with van der Waals surface area (Å²) in [4.78, 5) is 2.92. The van der Waals surface area contributed by atoms with E-state index < -0.39 is 0 Å². The molecule has 0 aromatic carbocycles. The van der Waals surface area contributed by atoms with E-state index in [0.717, 1.165) is 23.9 Å². The maximum Gasteiger partial charge on any atom is 0.0309 e. The van der Waals surface area contributed by atoms with Gasteiger partial charge in [0.25, 0.3) is 0 Å². The molecule has 0 radical (unpaired) electrons. The molecule has 3 rings (SSSR count). The van der Waals surface area contributed by atoms with Crippen molar-refractivity contribution in [3.05, 3.63) is 0 Å². The molecule has 2 aliphatic carbocycles. The zero-order chi connectivity index (χ0) is 13.5. The van der Waals surface area contributed by atoms with Crippen LogP contribution in [0.4, 0.5) is 0 Å². The summed E-state index contributed by atoms with van der Waals surface area (Å²) in [5, 5.41) is 3.92. The van der Waals surface area contributed by atoms with Crippen molar-refractivity contribution in [2.45, 2.75) is 83.3 Å². The number of rotatable bonds is 4. The molecule has 0 aromatic rings. The number of hydrogen-bond donors (Lipinski definition) is 1. The van der Waals surface area contributed by atoms with Crippen LogP contribution in [0.3, 0.4) is 0 Å². The standard InChI is InChI=1S/C17H32N2/c1-13(2)10-16-11-18-17(3,14-8-9-14)12-19(16)15-6-4-5-7-15/h13-16,18H,4-12H2,1-3H3. The molecule has 0 aromatic heterocycles. The zero-order valence-electron chi connectivity index (χ0n) is 13.1. The SMILES string of the molecule is CC(C)CC1CNC(C)(C2CC2)CN1C1CCCC1. The third-order valence-electron chi connectivity index (χ3n) is 5.74. The van der Waals surface area contributed by atoms with E-state index in [1.165, 1.54) is 58.0 Å². The molecular weight excluding hydrogens is 232 g/mol. The van der Waals surface area contributed by atoms with Crippen LogP contribution < -0.4 is 5.32 Å². The molecule has 0 amide bonds. The fraction of sp³-hybridized carbons (Fsp3) is 1.00. The van der Waals surface area contributed by atoms with Gasteiger partial charge in [-0.1, -0.05) is 26.7 Å². The smallest absolute Gasteiger partial charge is 0.0309 e. The van der Waals surface area contributed by atoms with Crippen molar-refractivity contribution in [1.29, 1.82) is 0 Å². The van der Waals surface area contributed by atoms with E-state index in [1.54, 1.807) is 0 Å². The quantitative estimate of drug-likeness (QED) is 0.837. The monoisotopic (exact) mass is 264 g/mol. The Morgan fingerprint density at radius 3 is 2.42 bits per heavy atom. The van der Waals surface area contributed by atoms with Gasteiger partial charge >= 0.3 is 0 Å². The van der Waals surface area contributed by atoms with E-state index in [4.69, 9.17) is 0 Å². The number of nitrogens with one attached hydrogen (secondary N) is 1. The second-order valence-electron chi connectivity index (χ2n) is 7.97. The van der Waals surface area contributed by atoms with E-state index in [1.807, 2.05) is 0 Å². The first-order chi connectivity index (χ1) is 9.08. The highest BCUT2D eigenvalue weighted by Gasteiger charge is 2.47. The molecule has 0 bridgehead atoms. The van der Waals surface area contributed by atoms with Crippen molar-refractivity contribution >= 4 is 0 Å². The minimum Gasteiger partial charge on any atom is -0.308 e. The average Bonchev–Trinajstić information content (AvgIpc) is 3.09. The van der Waals surface area contributed by atoms with Crippen LogP contribution in [0.2, 0.25) is 0 Å². The summed E-state index contributed by atoms with van der Waals surface area (Å²) in [6.07, 6.45) is 10.1. The van der Waals surface area contributed by atoms with Gasteiger partial charge in [0.2, 0.25) is 0 Å². The molecule has 1 aliphatic heterocycles. The largest absolute Gasteiger partial charge is 0.308 e. The normalized spacial score (nSPS) is 38.2. The first-order valence-corrected chi connectivity index (χ1v) is 8.59. The van der Waals surface area contributed by atoms with E-state index in [0.29, 0.717) is 5.54 Å². The highest BCUT2D eigenvalue weighted by atomic mass is 15.3. The maximum absolute atomic E-state index is 3.92. The number of nitrogens with zero attached hydrogens (tertiary/aromatic N) is 1. The van der Waals surface area contributed by atoms with Crippen LogP contribution >= 0.6 is 0 Å². The Balaban J connectivity index is 1.70. The van der Waals surface area contributed by atoms with E-state index in [-0.39, 0.29) is 0 Å². The first-order valence-electron chi connectivity index (χ1n) is 8.59. The van der Waals surface area contributed by atoms with Crippen LogP contribution in [0.5, 0.6) is 0 Å². The lowest BCUT2D eigenvalue weighted by atomic mass is 9.87. The van der Waals surface area contributed by atoms with Crippen molar-refractivity contribution in [2.75, 3.05) is 13.1 Å². The van der Waals surface area contributed by atoms with E-state index in [2.05, 4.69) is 31.0 Å². The van der Waals surface area contributed by atoms with Crippen LogP contribution in [0.25, 0.3) is 0 Å². The molecule has 2 heteroatoms. The zero-order valence-corrected chi connectivity index (χ0v) is 13.1. The molecule has 2 saturated carbocycles. The van der Waals surface area contributed by atoms with Crippen LogP contribution in [0.15, 0.2) is 0 Å². The summed E-state index contributed by atoms with van der Waals surface area (Å²) < 4.78 is 0. The van der Waals surface area contributed by atoms with E-state index in [9.17, 15) is 0 Å². The lowest BCUT2D eigenvalue weighted by Gasteiger charge is -2.49. The first kappa shape index (κ1) is 13.9. The fourth-order valence-corrected chi connectivity index (χ4v) is 4.45. The minimum atomic E-state index is 0.413. The molecule has 2 unspecified atom stereocenters. The van der Waals surface area contributed by atoms with Gasteiger partial charge in [0.1, 0.15) is 0 Å². The number of hydrogen-bond acceptors (Lipinski definition) is 2. The van der Waals surface area contributed by atoms with Crippen molar-refractivity contribution in [3.63, 3.8) is 0 Å². The van der Waals surface area contributed by atoms with Crippen molar-refractivity contribution in [3.8, 4) is 0 Å². The van der Waals surface area contributed by atoms with Gasteiger partial charge in [-0.05, 0) is 50.9 Å². The van der Waals surface area contributed by atoms with Crippen LogP contribution in [0, 0.1) is 11.8 Å². The summed E-state index contributed by atoms with van der Waals surface area (Å²) in [5.41, 5.74) is 0.413. The highest BCUT2D eigenvalue weighted by Crippen LogP contribution is 2.43. The molecule has 1 heterocycles. The van der Waals surface area contributed by atoms with Crippen LogP contribution in [-0.4, -0.2) is 35.6 Å². The van der Waals surface area contributed by atoms with Crippen molar-refractivity contribution in [1.82, 2.24) is 10.2 Å². The second-order valence-corrected chi connectivity index (χ2v) is 7.97. The summed E-state index contributed by atoms with van der Waals surface area (Å²) in [5.74, 6) is 1.78. The lowest BCUT2D eigenvalue weighted by molar-refractivity contribution is 0.0312. The van der Waals surface area contributed by atoms with Gasteiger partial charge in [0.05, 0.1) is 0 Å². The second kappa shape index (κ2) is 5.37. The predicted molar refractivity (Wildman–Crippen MR) is 81.3 cm³/mol. The Morgan fingerprint density at radius 1 is 1.16 bits per heavy atom. The maximum atomic E-state index is 3.92. The Kier molecular flexibility index (Phi) is 3.92. The van der Waals surface area contributed by atoms with Gasteiger partial charge in [0.15, 0.2) is 0 Å². The third kappa shape index (κ3) is 3.00. The summed E-state index contributed by atoms with van der Waals surface area (Å²) in [7, 11) is 0. The molecule has 19 heavy (non-hydrogen) atoms. The molecule has 1 saturated heterocycles. The Morgan fingerprint density at radius 2 is 1.84 bits per heavy atom. The Hall–Kier alpha value is -0.0800. The van der Waals surface area contributed by atoms with Gasteiger partial charge < -0.3 is 5.32 Å². The van der Waals surface area contributed by atoms with Crippen LogP contribution in [-0.2, 0) is 0 Å².